The smallest absolute Gasteiger partial charge is 0.165 e. The summed E-state index contributed by atoms with van der Waals surface area (Å²) in [5.41, 5.74) is 1.01. The van der Waals surface area contributed by atoms with Gasteiger partial charge in [0.05, 0.1) is 5.60 Å². The highest BCUT2D eigenvalue weighted by Gasteiger charge is 2.81. The topological polar surface area (TPSA) is 58.9 Å². The molecule has 0 amide bonds. The third kappa shape index (κ3) is 1.78. The maximum atomic E-state index is 12.0. The largest absolute Gasteiger partial charge is 0.504 e. The van der Waals surface area contributed by atoms with Crippen LogP contribution in [-0.4, -0.2) is 34.6 Å². The molecular formula is C26H36O4. The molecule has 0 aromatic heterocycles. The van der Waals surface area contributed by atoms with E-state index in [-0.39, 0.29) is 34.0 Å². The van der Waals surface area contributed by atoms with Crippen LogP contribution in [0.3, 0.4) is 0 Å². The van der Waals surface area contributed by atoms with Gasteiger partial charge in [0.25, 0.3) is 0 Å². The first-order valence-corrected chi connectivity index (χ1v) is 11.8. The summed E-state index contributed by atoms with van der Waals surface area (Å²) in [5, 5.41) is 22.8. The molecule has 1 unspecified atom stereocenters. The molecule has 1 aromatic rings. The van der Waals surface area contributed by atoms with Gasteiger partial charge in [-0.2, -0.15) is 0 Å². The van der Waals surface area contributed by atoms with Crippen LogP contribution < -0.4 is 4.74 Å². The third-order valence-corrected chi connectivity index (χ3v) is 10.8. The van der Waals surface area contributed by atoms with Crippen molar-refractivity contribution in [2.75, 3.05) is 7.11 Å². The predicted molar refractivity (Wildman–Crippen MR) is 115 cm³/mol. The summed E-state index contributed by atoms with van der Waals surface area (Å²) in [6, 6.07) is 3.96. The van der Waals surface area contributed by atoms with Crippen LogP contribution in [0.5, 0.6) is 11.5 Å². The number of fused-ring (bicyclic) bond motifs is 2. The van der Waals surface area contributed by atoms with Crippen LogP contribution >= 0.6 is 0 Å². The van der Waals surface area contributed by atoms with Gasteiger partial charge in [0.2, 0.25) is 0 Å². The summed E-state index contributed by atoms with van der Waals surface area (Å²) in [5.74, 6) is 1.59. The highest BCUT2D eigenvalue weighted by molar-refractivity contribution is 5.62. The molecule has 4 saturated carbocycles. The molecule has 4 bridgehead atoms. The van der Waals surface area contributed by atoms with Crippen molar-refractivity contribution in [3.63, 3.8) is 0 Å². The maximum Gasteiger partial charge on any atom is 0.165 e. The van der Waals surface area contributed by atoms with E-state index >= 15 is 0 Å². The summed E-state index contributed by atoms with van der Waals surface area (Å²) >= 11 is 0. The summed E-state index contributed by atoms with van der Waals surface area (Å²) in [6.07, 6.45) is 7.56. The number of phenols is 1. The Morgan fingerprint density at radius 2 is 1.90 bits per heavy atom. The number of methoxy groups -OCH3 is 1. The highest BCUT2D eigenvalue weighted by Crippen LogP contribution is 2.79. The van der Waals surface area contributed by atoms with Crippen molar-refractivity contribution in [2.24, 2.45) is 22.7 Å². The minimum Gasteiger partial charge on any atom is -0.504 e. The van der Waals surface area contributed by atoms with Gasteiger partial charge in [-0.3, -0.25) is 0 Å². The van der Waals surface area contributed by atoms with Gasteiger partial charge in [-0.15, -0.1) is 0 Å². The summed E-state index contributed by atoms with van der Waals surface area (Å²) in [4.78, 5) is 0. The molecule has 30 heavy (non-hydrogen) atoms. The monoisotopic (exact) mass is 412 g/mol. The lowest BCUT2D eigenvalue weighted by Gasteiger charge is -2.74. The number of benzene rings is 1. The van der Waals surface area contributed by atoms with Gasteiger partial charge in [0, 0.05) is 24.0 Å². The maximum absolute atomic E-state index is 12.0. The van der Waals surface area contributed by atoms with Gasteiger partial charge in [-0.05, 0) is 73.8 Å². The molecule has 7 atom stereocenters. The van der Waals surface area contributed by atoms with Gasteiger partial charge in [-0.25, -0.2) is 0 Å². The zero-order valence-corrected chi connectivity index (χ0v) is 19.0. The first-order chi connectivity index (χ1) is 14.1. The lowest BCUT2D eigenvalue weighted by atomic mass is 9.31. The van der Waals surface area contributed by atoms with Gasteiger partial charge in [0.1, 0.15) is 11.7 Å². The number of aliphatic hydroxyl groups is 1. The summed E-state index contributed by atoms with van der Waals surface area (Å²) in [7, 11) is 1.82. The average molecular weight is 413 g/mol. The van der Waals surface area contributed by atoms with Gasteiger partial charge < -0.3 is 19.7 Å². The molecule has 7 rings (SSSR count). The van der Waals surface area contributed by atoms with E-state index in [2.05, 4.69) is 26.8 Å². The van der Waals surface area contributed by atoms with Crippen molar-refractivity contribution in [1.82, 2.24) is 0 Å². The van der Waals surface area contributed by atoms with Crippen molar-refractivity contribution in [3.8, 4) is 11.5 Å². The molecule has 164 valence electrons. The van der Waals surface area contributed by atoms with Crippen LogP contribution in [0.15, 0.2) is 12.1 Å². The molecule has 1 aromatic carbocycles. The Balaban J connectivity index is 1.65. The number of phenolic OH excluding ortho intramolecular Hbond substituents is 1. The molecule has 0 radical (unpaired) electrons. The second-order valence-electron chi connectivity index (χ2n) is 12.2. The first-order valence-electron chi connectivity index (χ1n) is 11.8. The molecule has 2 spiro atoms. The minimum atomic E-state index is -0.882. The van der Waals surface area contributed by atoms with Gasteiger partial charge in [0.15, 0.2) is 11.5 Å². The Labute approximate surface area is 180 Å². The minimum absolute atomic E-state index is 0.000445. The molecule has 4 heteroatoms. The van der Waals surface area contributed by atoms with Crippen LogP contribution in [0.2, 0.25) is 0 Å². The average Bonchev–Trinajstić information content (AvgIpc) is 3.05. The first kappa shape index (κ1) is 19.4. The van der Waals surface area contributed by atoms with Crippen molar-refractivity contribution < 1.29 is 19.7 Å². The molecule has 2 N–H and O–H groups in total. The molecule has 0 saturated heterocycles. The number of hydrogen-bond acceptors (Lipinski definition) is 4. The third-order valence-electron chi connectivity index (χ3n) is 10.8. The molecule has 4 nitrogen and oxygen atoms in total. The van der Waals surface area contributed by atoms with Crippen molar-refractivity contribution in [3.05, 3.63) is 23.3 Å². The number of aromatic hydroxyl groups is 1. The standard InChI is InChI=1S/C26H36O4/c1-22(2,3)23(4,28)18-14-24-11-12-26(18,29-5)21-25(24)10-6-7-16(24)13-15-8-9-17(27)20(30-21)19(15)25/h8-9,16,18,21,27-28H,6-7,10-14H2,1-5H3/t16-,18-,21-,23?,24-,25+,26+/m1/s1. The Morgan fingerprint density at radius 1 is 1.13 bits per heavy atom. The fraction of sp³-hybridized carbons (Fsp3) is 0.769. The van der Waals surface area contributed by atoms with E-state index in [0.717, 1.165) is 32.1 Å². The Kier molecular flexibility index (Phi) is 3.48. The SMILES string of the molecule is CO[C@@]12CC[C@@]3(C[C@@H]1C(C)(O)C(C)(C)C)[C@@H]1CCC[C@@]34c3c(ccc(O)c3O[C@@H]24)C1. The molecule has 1 aliphatic heterocycles. The highest BCUT2D eigenvalue weighted by atomic mass is 16.6. The van der Waals surface area contributed by atoms with E-state index in [1.165, 1.54) is 24.0 Å². The zero-order valence-electron chi connectivity index (χ0n) is 19.0. The summed E-state index contributed by atoms with van der Waals surface area (Å²) < 4.78 is 13.3. The molecule has 4 fully saturated rings. The summed E-state index contributed by atoms with van der Waals surface area (Å²) in [6.45, 7) is 8.44. The lowest BCUT2D eigenvalue weighted by molar-refractivity contribution is -0.309. The van der Waals surface area contributed by atoms with E-state index < -0.39 is 11.2 Å². The van der Waals surface area contributed by atoms with Crippen LogP contribution in [0.4, 0.5) is 0 Å². The fourth-order valence-electron chi connectivity index (χ4n) is 8.97. The van der Waals surface area contributed by atoms with Crippen molar-refractivity contribution in [2.45, 2.75) is 95.4 Å². The van der Waals surface area contributed by atoms with Crippen LogP contribution in [0.1, 0.15) is 77.3 Å². The second-order valence-corrected chi connectivity index (χ2v) is 12.2. The van der Waals surface area contributed by atoms with E-state index in [0.29, 0.717) is 11.7 Å². The Hall–Kier alpha value is -1.26. The van der Waals surface area contributed by atoms with Crippen molar-refractivity contribution in [1.29, 1.82) is 0 Å². The molecule has 6 aliphatic rings. The van der Waals surface area contributed by atoms with Gasteiger partial charge in [-0.1, -0.05) is 33.3 Å². The van der Waals surface area contributed by atoms with Gasteiger partial charge >= 0.3 is 0 Å². The number of ether oxygens (including phenoxy) is 2. The zero-order chi connectivity index (χ0) is 21.3. The van der Waals surface area contributed by atoms with Crippen LogP contribution in [0, 0.1) is 22.7 Å². The molecular weight excluding hydrogens is 376 g/mol. The number of hydrogen-bond donors (Lipinski definition) is 2. The Bertz CT molecular complexity index is 930. The van der Waals surface area contributed by atoms with E-state index in [1.807, 2.05) is 20.1 Å². The molecule has 1 heterocycles. The van der Waals surface area contributed by atoms with Crippen LogP contribution in [0.25, 0.3) is 0 Å². The number of rotatable bonds is 2. The van der Waals surface area contributed by atoms with E-state index in [4.69, 9.17) is 9.47 Å². The normalized spacial score (nSPS) is 44.9. The van der Waals surface area contributed by atoms with E-state index in [9.17, 15) is 10.2 Å². The fourth-order valence-corrected chi connectivity index (χ4v) is 8.97. The Morgan fingerprint density at radius 3 is 2.60 bits per heavy atom. The van der Waals surface area contributed by atoms with Crippen molar-refractivity contribution >= 4 is 0 Å². The quantitative estimate of drug-likeness (QED) is 0.737. The lowest BCUT2D eigenvalue weighted by Crippen LogP contribution is -2.80. The van der Waals surface area contributed by atoms with E-state index in [1.54, 1.807) is 0 Å². The second kappa shape index (κ2) is 5.38. The predicted octanol–water partition coefficient (Wildman–Crippen LogP) is 4.73. The molecule has 5 aliphatic carbocycles. The van der Waals surface area contributed by atoms with Crippen LogP contribution in [-0.2, 0) is 16.6 Å².